The predicted molar refractivity (Wildman–Crippen MR) is 125 cm³/mol. The van der Waals surface area contributed by atoms with E-state index in [0.29, 0.717) is 36.9 Å². The molecule has 0 aliphatic carbocycles. The summed E-state index contributed by atoms with van der Waals surface area (Å²) < 4.78 is 37.1. The molecule has 1 aliphatic rings. The van der Waals surface area contributed by atoms with E-state index < -0.39 is 16.1 Å². The van der Waals surface area contributed by atoms with Crippen LogP contribution in [0.15, 0.2) is 42.5 Å². The van der Waals surface area contributed by atoms with Gasteiger partial charge in [0, 0.05) is 24.1 Å². The first-order valence-corrected chi connectivity index (χ1v) is 13.1. The van der Waals surface area contributed by atoms with Crippen molar-refractivity contribution in [2.75, 3.05) is 36.1 Å². The van der Waals surface area contributed by atoms with E-state index in [9.17, 15) is 13.2 Å². The van der Waals surface area contributed by atoms with Crippen LogP contribution in [0.3, 0.4) is 0 Å². The van der Waals surface area contributed by atoms with Crippen LogP contribution in [0.25, 0.3) is 0 Å². The first kappa shape index (κ1) is 23.3. The molecule has 0 fully saturated rings. The lowest BCUT2D eigenvalue weighted by Gasteiger charge is -2.29. The van der Waals surface area contributed by atoms with E-state index >= 15 is 0 Å². The van der Waals surface area contributed by atoms with Crippen molar-refractivity contribution in [3.05, 3.63) is 53.6 Å². The number of hydrogen-bond acceptors (Lipinski definition) is 6. The molecule has 7 nitrogen and oxygen atoms in total. The van der Waals surface area contributed by atoms with E-state index in [1.165, 1.54) is 11.1 Å². The van der Waals surface area contributed by atoms with Crippen LogP contribution >= 0.6 is 11.8 Å². The largest absolute Gasteiger partial charge is 0.486 e. The van der Waals surface area contributed by atoms with Crippen molar-refractivity contribution in [2.45, 2.75) is 25.6 Å². The number of thioether (sulfide) groups is 1. The van der Waals surface area contributed by atoms with Crippen molar-refractivity contribution in [1.29, 1.82) is 0 Å². The van der Waals surface area contributed by atoms with Crippen molar-refractivity contribution >= 4 is 33.4 Å². The SMILES string of the molecule is Cc1ccc(CSCCNC(=O)[C@H](C)N(c2ccc3c(c2)OCCO3)S(C)(=O)=O)cc1. The van der Waals surface area contributed by atoms with Crippen LogP contribution in [0.5, 0.6) is 11.5 Å². The normalized spacial score (nSPS) is 14.0. The third-order valence-electron chi connectivity index (χ3n) is 4.80. The third kappa shape index (κ3) is 6.30. The average molecular weight is 465 g/mol. The quantitative estimate of drug-likeness (QED) is 0.575. The molecule has 0 unspecified atom stereocenters. The first-order valence-electron chi connectivity index (χ1n) is 10.1. The number of amides is 1. The Balaban J connectivity index is 1.57. The highest BCUT2D eigenvalue weighted by Gasteiger charge is 2.30. The van der Waals surface area contributed by atoms with Gasteiger partial charge in [0.25, 0.3) is 0 Å². The van der Waals surface area contributed by atoms with E-state index in [1.54, 1.807) is 36.9 Å². The Morgan fingerprint density at radius 3 is 2.48 bits per heavy atom. The second-order valence-corrected chi connectivity index (χ2v) is 10.4. The first-order chi connectivity index (χ1) is 14.8. The topological polar surface area (TPSA) is 84.9 Å². The number of nitrogens with zero attached hydrogens (tertiary/aromatic N) is 1. The molecule has 0 saturated heterocycles. The van der Waals surface area contributed by atoms with Gasteiger partial charge in [-0.3, -0.25) is 9.10 Å². The van der Waals surface area contributed by atoms with Crippen LogP contribution in [0, 0.1) is 6.92 Å². The van der Waals surface area contributed by atoms with Crippen LogP contribution in [0.2, 0.25) is 0 Å². The summed E-state index contributed by atoms with van der Waals surface area (Å²) >= 11 is 1.71. The second kappa shape index (κ2) is 10.3. The molecule has 0 saturated carbocycles. The predicted octanol–water partition coefficient (Wildman–Crippen LogP) is 2.97. The summed E-state index contributed by atoms with van der Waals surface area (Å²) in [4.78, 5) is 12.7. The van der Waals surface area contributed by atoms with Gasteiger partial charge in [-0.1, -0.05) is 29.8 Å². The number of anilines is 1. The lowest BCUT2D eigenvalue weighted by Crippen LogP contribution is -2.48. The lowest BCUT2D eigenvalue weighted by molar-refractivity contribution is -0.121. The van der Waals surface area contributed by atoms with Crippen LogP contribution < -0.4 is 19.1 Å². The molecule has 1 N–H and O–H groups in total. The Morgan fingerprint density at radius 2 is 1.81 bits per heavy atom. The van der Waals surface area contributed by atoms with Gasteiger partial charge in [-0.15, -0.1) is 0 Å². The Hall–Kier alpha value is -2.39. The summed E-state index contributed by atoms with van der Waals surface area (Å²) in [6.07, 6.45) is 1.09. The summed E-state index contributed by atoms with van der Waals surface area (Å²) in [5.41, 5.74) is 2.82. The standard InChI is InChI=1S/C22H28N2O5S2/c1-16-4-6-18(7-5-16)15-30-13-10-23-22(25)17(2)24(31(3,26)27)19-8-9-20-21(14-19)29-12-11-28-20/h4-9,14,17H,10-13,15H2,1-3H3,(H,23,25)/t17-/m0/s1. The highest BCUT2D eigenvalue weighted by Crippen LogP contribution is 2.35. The van der Waals surface area contributed by atoms with Gasteiger partial charge in [-0.2, -0.15) is 11.8 Å². The van der Waals surface area contributed by atoms with Gasteiger partial charge in [0.15, 0.2) is 11.5 Å². The molecule has 31 heavy (non-hydrogen) atoms. The van der Waals surface area contributed by atoms with Crippen LogP contribution in [0.4, 0.5) is 5.69 Å². The van der Waals surface area contributed by atoms with Crippen molar-refractivity contribution in [3.8, 4) is 11.5 Å². The number of sulfonamides is 1. The summed E-state index contributed by atoms with van der Waals surface area (Å²) in [6, 6.07) is 12.3. The number of fused-ring (bicyclic) bond motifs is 1. The molecule has 9 heteroatoms. The minimum Gasteiger partial charge on any atom is -0.486 e. The van der Waals surface area contributed by atoms with Crippen molar-refractivity contribution < 1.29 is 22.7 Å². The van der Waals surface area contributed by atoms with Crippen LogP contribution in [-0.2, 0) is 20.6 Å². The number of carbonyl (C=O) groups is 1. The summed E-state index contributed by atoms with van der Waals surface area (Å²) in [7, 11) is -3.69. The highest BCUT2D eigenvalue weighted by atomic mass is 32.2. The monoisotopic (exact) mass is 464 g/mol. The average Bonchev–Trinajstić information content (AvgIpc) is 2.73. The number of hydrogen-bond donors (Lipinski definition) is 1. The fourth-order valence-electron chi connectivity index (χ4n) is 3.25. The molecule has 0 radical (unpaired) electrons. The Bertz CT molecular complexity index is 1010. The second-order valence-electron chi connectivity index (χ2n) is 7.39. The van der Waals surface area contributed by atoms with Gasteiger partial charge in [-0.05, 0) is 31.5 Å². The zero-order valence-electron chi connectivity index (χ0n) is 18.0. The minimum absolute atomic E-state index is 0.351. The van der Waals surface area contributed by atoms with Gasteiger partial charge < -0.3 is 14.8 Å². The van der Waals surface area contributed by atoms with Crippen molar-refractivity contribution in [3.63, 3.8) is 0 Å². The molecular formula is C22H28N2O5S2. The Labute approximate surface area is 188 Å². The Kier molecular flexibility index (Phi) is 7.72. The number of ether oxygens (including phenoxy) is 2. The summed E-state index contributed by atoms with van der Waals surface area (Å²) in [5.74, 6) is 2.27. The van der Waals surface area contributed by atoms with Gasteiger partial charge in [-0.25, -0.2) is 8.42 Å². The molecule has 3 rings (SSSR count). The van der Waals surface area contributed by atoms with Gasteiger partial charge in [0.2, 0.25) is 15.9 Å². The zero-order valence-corrected chi connectivity index (χ0v) is 19.6. The number of nitrogens with one attached hydrogen (secondary N) is 1. The minimum atomic E-state index is -3.69. The molecule has 168 valence electrons. The van der Waals surface area contributed by atoms with Gasteiger partial charge >= 0.3 is 0 Å². The molecule has 2 aromatic carbocycles. The van der Waals surface area contributed by atoms with Crippen LogP contribution in [0.1, 0.15) is 18.1 Å². The summed E-state index contributed by atoms with van der Waals surface area (Å²) in [5, 5.41) is 2.84. The summed E-state index contributed by atoms with van der Waals surface area (Å²) in [6.45, 7) is 4.93. The van der Waals surface area contributed by atoms with Crippen LogP contribution in [-0.4, -0.2) is 52.1 Å². The molecule has 0 spiro atoms. The molecule has 0 aromatic heterocycles. The van der Waals surface area contributed by atoms with E-state index in [2.05, 4.69) is 36.5 Å². The fourth-order valence-corrected chi connectivity index (χ4v) is 5.23. The van der Waals surface area contributed by atoms with E-state index in [-0.39, 0.29) is 5.91 Å². The maximum atomic E-state index is 12.7. The molecule has 1 amide bonds. The van der Waals surface area contributed by atoms with E-state index in [4.69, 9.17) is 9.47 Å². The Morgan fingerprint density at radius 1 is 1.13 bits per heavy atom. The number of aryl methyl sites for hydroxylation is 1. The van der Waals surface area contributed by atoms with Gasteiger partial charge in [0.1, 0.15) is 19.3 Å². The molecule has 1 atom stereocenters. The smallest absolute Gasteiger partial charge is 0.243 e. The maximum Gasteiger partial charge on any atom is 0.243 e. The number of carbonyl (C=O) groups excluding carboxylic acids is 1. The van der Waals surface area contributed by atoms with Crippen molar-refractivity contribution in [2.24, 2.45) is 0 Å². The van der Waals surface area contributed by atoms with E-state index in [0.717, 1.165) is 22.1 Å². The highest BCUT2D eigenvalue weighted by molar-refractivity contribution is 7.98. The molecule has 1 heterocycles. The number of benzene rings is 2. The fraction of sp³-hybridized carbons (Fsp3) is 0.409. The molecular weight excluding hydrogens is 436 g/mol. The number of rotatable bonds is 9. The molecule has 2 aromatic rings. The molecule has 0 bridgehead atoms. The third-order valence-corrected chi connectivity index (χ3v) is 7.08. The lowest BCUT2D eigenvalue weighted by atomic mass is 10.2. The van der Waals surface area contributed by atoms with E-state index in [1.807, 2.05) is 0 Å². The maximum absolute atomic E-state index is 12.7. The van der Waals surface area contributed by atoms with Gasteiger partial charge in [0.05, 0.1) is 11.9 Å². The zero-order chi connectivity index (χ0) is 22.4. The van der Waals surface area contributed by atoms with Crippen molar-refractivity contribution in [1.82, 2.24) is 5.32 Å². The molecule has 1 aliphatic heterocycles.